The van der Waals surface area contributed by atoms with E-state index in [0.29, 0.717) is 39.1 Å². The first-order valence-electron chi connectivity index (χ1n) is 12.2. The Kier molecular flexibility index (Phi) is 6.89. The van der Waals surface area contributed by atoms with Crippen molar-refractivity contribution in [2.75, 3.05) is 17.7 Å². The van der Waals surface area contributed by atoms with Gasteiger partial charge in [0.05, 0.1) is 11.1 Å². The molecule has 3 N–H and O–H groups in total. The maximum atomic E-state index is 13.1. The van der Waals surface area contributed by atoms with Crippen LogP contribution in [0.5, 0.6) is 5.75 Å². The average Bonchev–Trinajstić information content (AvgIpc) is 2.93. The summed E-state index contributed by atoms with van der Waals surface area (Å²) in [5.41, 5.74) is 4.94. The monoisotopic (exact) mass is 525 g/mol. The molecule has 5 aromatic rings. The van der Waals surface area contributed by atoms with Crippen LogP contribution in [0.15, 0.2) is 73.1 Å². The lowest BCUT2D eigenvalue weighted by Gasteiger charge is -2.17. The van der Waals surface area contributed by atoms with Crippen molar-refractivity contribution in [2.45, 2.75) is 20.3 Å². The molecule has 2 heterocycles. The summed E-state index contributed by atoms with van der Waals surface area (Å²) in [6.07, 6.45) is 0.703. The fourth-order valence-corrected chi connectivity index (χ4v) is 4.48. The van der Waals surface area contributed by atoms with Crippen molar-refractivity contribution in [1.29, 1.82) is 0 Å². The van der Waals surface area contributed by atoms with Gasteiger partial charge in [0.25, 0.3) is 12.3 Å². The van der Waals surface area contributed by atoms with Crippen LogP contribution in [0.2, 0.25) is 0 Å². The van der Waals surface area contributed by atoms with E-state index in [0.717, 1.165) is 16.8 Å². The number of hydrogen-bond acceptors (Lipinski definition) is 6. The van der Waals surface area contributed by atoms with Crippen molar-refractivity contribution in [1.82, 2.24) is 15.0 Å². The Morgan fingerprint density at radius 3 is 2.54 bits per heavy atom. The summed E-state index contributed by atoms with van der Waals surface area (Å²) in [7, 11) is 1.72. The third-order valence-corrected chi connectivity index (χ3v) is 6.44. The lowest BCUT2D eigenvalue weighted by atomic mass is 9.91. The summed E-state index contributed by atoms with van der Waals surface area (Å²) >= 11 is 0. The molecule has 39 heavy (non-hydrogen) atoms. The van der Waals surface area contributed by atoms with Gasteiger partial charge in [-0.05, 0) is 73.0 Å². The second kappa shape index (κ2) is 10.4. The third kappa shape index (κ3) is 5.11. The van der Waals surface area contributed by atoms with Crippen LogP contribution in [-0.2, 0) is 0 Å². The van der Waals surface area contributed by atoms with E-state index in [1.165, 1.54) is 18.2 Å². The van der Waals surface area contributed by atoms with Crippen LogP contribution in [0.3, 0.4) is 0 Å². The average molecular weight is 526 g/mol. The Labute approximate surface area is 223 Å². The molecule has 0 spiro atoms. The first kappa shape index (κ1) is 25.7. The van der Waals surface area contributed by atoms with Gasteiger partial charge in [-0.2, -0.15) is 0 Å². The molecule has 1 amide bonds. The molecule has 0 aliphatic rings. The van der Waals surface area contributed by atoms with Gasteiger partial charge in [0.15, 0.2) is 0 Å². The zero-order valence-electron chi connectivity index (χ0n) is 21.5. The number of nitrogens with zero attached hydrogens (tertiary/aromatic N) is 3. The number of carbonyl (C=O) groups is 1. The predicted octanol–water partition coefficient (Wildman–Crippen LogP) is 6.91. The van der Waals surface area contributed by atoms with Crippen LogP contribution in [0, 0.1) is 13.8 Å². The molecule has 5 rings (SSSR count). The minimum atomic E-state index is -2.64. The van der Waals surface area contributed by atoms with Crippen LogP contribution in [0.1, 0.15) is 33.6 Å². The highest BCUT2D eigenvalue weighted by Gasteiger charge is 2.20. The van der Waals surface area contributed by atoms with Gasteiger partial charge in [-0.15, -0.1) is 0 Å². The SMILES string of the molecule is CNc1ncc2cc(-c3cc(C(=O)Nc4cccc(C(F)F)c4)ccc3C)c(O)c(-c3ccnc(C)c3)c2n1. The molecule has 7 nitrogen and oxygen atoms in total. The van der Waals surface area contributed by atoms with Crippen molar-refractivity contribution >= 4 is 28.4 Å². The lowest BCUT2D eigenvalue weighted by molar-refractivity contribution is 0.102. The molecule has 0 unspecified atom stereocenters. The number of amides is 1. The number of aryl methyl sites for hydroxylation is 2. The van der Waals surface area contributed by atoms with Gasteiger partial charge in [0.1, 0.15) is 5.75 Å². The van der Waals surface area contributed by atoms with Gasteiger partial charge in [0, 0.05) is 52.9 Å². The Morgan fingerprint density at radius 2 is 1.79 bits per heavy atom. The third-order valence-electron chi connectivity index (χ3n) is 6.44. The van der Waals surface area contributed by atoms with Crippen molar-refractivity contribution in [2.24, 2.45) is 0 Å². The molecule has 0 radical (unpaired) electrons. The number of nitrogens with one attached hydrogen (secondary N) is 2. The lowest BCUT2D eigenvalue weighted by Crippen LogP contribution is -2.12. The van der Waals surface area contributed by atoms with Crippen LogP contribution >= 0.6 is 0 Å². The maximum absolute atomic E-state index is 13.1. The van der Waals surface area contributed by atoms with E-state index < -0.39 is 12.3 Å². The summed E-state index contributed by atoms with van der Waals surface area (Å²) in [5, 5.41) is 18.0. The molecule has 0 fully saturated rings. The number of phenols is 1. The molecule has 0 aliphatic carbocycles. The van der Waals surface area contributed by atoms with Gasteiger partial charge in [-0.3, -0.25) is 9.78 Å². The summed E-state index contributed by atoms with van der Waals surface area (Å²) in [5.74, 6) is -0.0542. The number of alkyl halides is 2. The molecule has 2 aromatic heterocycles. The minimum absolute atomic E-state index is 0.000791. The van der Waals surface area contributed by atoms with Gasteiger partial charge < -0.3 is 15.7 Å². The van der Waals surface area contributed by atoms with Crippen molar-refractivity contribution in [3.63, 3.8) is 0 Å². The van der Waals surface area contributed by atoms with Crippen LogP contribution in [0.4, 0.5) is 20.4 Å². The quantitative estimate of drug-likeness (QED) is 0.223. The van der Waals surface area contributed by atoms with Crippen molar-refractivity contribution in [3.05, 3.63) is 95.4 Å². The first-order valence-corrected chi connectivity index (χ1v) is 12.2. The topological polar surface area (TPSA) is 100 Å². The van der Waals surface area contributed by atoms with E-state index in [9.17, 15) is 18.7 Å². The predicted molar refractivity (Wildman–Crippen MR) is 148 cm³/mol. The van der Waals surface area contributed by atoms with E-state index in [1.807, 2.05) is 19.9 Å². The molecule has 0 aliphatic heterocycles. The number of benzene rings is 3. The molecular formula is C30H25F2N5O2. The molecule has 196 valence electrons. The number of pyridine rings is 1. The zero-order valence-corrected chi connectivity index (χ0v) is 21.5. The number of hydrogen-bond donors (Lipinski definition) is 3. The molecular weight excluding hydrogens is 500 g/mol. The zero-order chi connectivity index (χ0) is 27.7. The smallest absolute Gasteiger partial charge is 0.263 e. The Hall–Kier alpha value is -4.92. The molecule has 0 atom stereocenters. The maximum Gasteiger partial charge on any atom is 0.263 e. The standard InChI is InChI=1S/C30H25F2N5O2/c1-16-7-8-20(29(39)36-22-6-4-5-19(12-22)28(31)32)13-23(16)24-14-21-15-35-30(33-3)37-26(21)25(27(24)38)18-9-10-34-17(2)11-18/h4-15,28,38H,1-3H3,(H,36,39)(H,33,35,37). The van der Waals surface area contributed by atoms with E-state index >= 15 is 0 Å². The highest BCUT2D eigenvalue weighted by Crippen LogP contribution is 2.44. The highest BCUT2D eigenvalue weighted by atomic mass is 19.3. The van der Waals surface area contributed by atoms with Crippen molar-refractivity contribution < 1.29 is 18.7 Å². The number of rotatable bonds is 6. The second-order valence-electron chi connectivity index (χ2n) is 9.13. The largest absolute Gasteiger partial charge is 0.507 e. The molecule has 0 bridgehead atoms. The summed E-state index contributed by atoms with van der Waals surface area (Å²) < 4.78 is 26.2. The molecule has 0 saturated carbocycles. The van der Waals surface area contributed by atoms with E-state index in [4.69, 9.17) is 0 Å². The number of aromatic nitrogens is 3. The number of phenolic OH excluding ortho intramolecular Hbond substituents is 1. The highest BCUT2D eigenvalue weighted by molar-refractivity contribution is 6.06. The van der Waals surface area contributed by atoms with Gasteiger partial charge in [0.2, 0.25) is 5.95 Å². The molecule has 9 heteroatoms. The first-order chi connectivity index (χ1) is 18.7. The normalized spacial score (nSPS) is 11.1. The number of fused-ring (bicyclic) bond motifs is 1. The number of carbonyl (C=O) groups excluding carboxylic acids is 1. The van der Waals surface area contributed by atoms with Crippen molar-refractivity contribution in [3.8, 4) is 28.0 Å². The van der Waals surface area contributed by atoms with E-state index in [2.05, 4.69) is 25.6 Å². The summed E-state index contributed by atoms with van der Waals surface area (Å²) in [6, 6.07) is 16.1. The van der Waals surface area contributed by atoms with Crippen LogP contribution < -0.4 is 10.6 Å². The number of aromatic hydroxyl groups is 1. The van der Waals surface area contributed by atoms with Gasteiger partial charge >= 0.3 is 0 Å². The summed E-state index contributed by atoms with van der Waals surface area (Å²) in [4.78, 5) is 26.3. The van der Waals surface area contributed by atoms with Gasteiger partial charge in [-0.25, -0.2) is 18.7 Å². The number of anilines is 2. The number of halogens is 2. The van der Waals surface area contributed by atoms with E-state index in [1.54, 1.807) is 55.8 Å². The second-order valence-corrected chi connectivity index (χ2v) is 9.13. The molecule has 0 saturated heterocycles. The summed E-state index contributed by atoms with van der Waals surface area (Å²) in [6.45, 7) is 3.74. The molecule has 3 aromatic carbocycles. The van der Waals surface area contributed by atoms with Crippen LogP contribution in [0.25, 0.3) is 33.2 Å². The van der Waals surface area contributed by atoms with Gasteiger partial charge in [-0.1, -0.05) is 18.2 Å². The Morgan fingerprint density at radius 1 is 0.974 bits per heavy atom. The fraction of sp³-hybridized carbons (Fsp3) is 0.133. The van der Waals surface area contributed by atoms with Crippen LogP contribution in [-0.4, -0.2) is 33.0 Å². The fourth-order valence-electron chi connectivity index (χ4n) is 4.48. The minimum Gasteiger partial charge on any atom is -0.507 e. The Balaban J connectivity index is 1.64. The van der Waals surface area contributed by atoms with E-state index in [-0.39, 0.29) is 17.0 Å². The Bertz CT molecular complexity index is 1720.